The lowest BCUT2D eigenvalue weighted by molar-refractivity contribution is 0.0946. The van der Waals surface area contributed by atoms with E-state index in [1.54, 1.807) is 5.38 Å². The molecule has 5 heteroatoms. The molecular weight excluding hydrogens is 258 g/mol. The van der Waals surface area contributed by atoms with E-state index in [1.165, 1.54) is 16.9 Å². The van der Waals surface area contributed by atoms with Crippen molar-refractivity contribution >= 4 is 17.2 Å². The zero-order valence-electron chi connectivity index (χ0n) is 10.8. The molecule has 1 aromatic heterocycles. The summed E-state index contributed by atoms with van der Waals surface area (Å²) in [5, 5.41) is 5.54. The number of nitrogens with two attached hydrogens (primary N) is 1. The quantitative estimate of drug-likeness (QED) is 0.875. The highest BCUT2D eigenvalue weighted by molar-refractivity contribution is 7.09. The first-order valence-corrected chi connectivity index (χ1v) is 7.05. The van der Waals surface area contributed by atoms with Crippen LogP contribution in [0.5, 0.6) is 0 Å². The second kappa shape index (κ2) is 6.45. The summed E-state index contributed by atoms with van der Waals surface area (Å²) in [5.41, 5.74) is 8.22. The maximum atomic E-state index is 11.9. The third-order valence-electron chi connectivity index (χ3n) is 2.72. The SMILES string of the molecule is Cc1ccc(CNC(=O)c2csc(CCN)n2)cc1. The van der Waals surface area contributed by atoms with E-state index >= 15 is 0 Å². The zero-order chi connectivity index (χ0) is 13.7. The van der Waals surface area contributed by atoms with Gasteiger partial charge in [-0.05, 0) is 19.0 Å². The number of aryl methyl sites for hydroxylation is 1. The van der Waals surface area contributed by atoms with Gasteiger partial charge in [-0.15, -0.1) is 11.3 Å². The van der Waals surface area contributed by atoms with Crippen molar-refractivity contribution in [3.8, 4) is 0 Å². The number of carbonyl (C=O) groups excluding carboxylic acids is 1. The van der Waals surface area contributed by atoms with Crippen molar-refractivity contribution in [3.63, 3.8) is 0 Å². The second-order valence-electron chi connectivity index (χ2n) is 4.33. The fourth-order valence-corrected chi connectivity index (χ4v) is 2.43. The van der Waals surface area contributed by atoms with Gasteiger partial charge in [0, 0.05) is 18.3 Å². The molecule has 0 aliphatic carbocycles. The lowest BCUT2D eigenvalue weighted by atomic mass is 10.1. The molecule has 0 saturated carbocycles. The normalized spacial score (nSPS) is 10.4. The molecule has 3 N–H and O–H groups in total. The average molecular weight is 275 g/mol. The Morgan fingerprint density at radius 2 is 2.11 bits per heavy atom. The molecule has 0 aliphatic heterocycles. The molecule has 0 atom stereocenters. The van der Waals surface area contributed by atoms with Crippen LogP contribution in [-0.4, -0.2) is 17.4 Å². The number of hydrogen-bond acceptors (Lipinski definition) is 4. The van der Waals surface area contributed by atoms with Crippen LogP contribution in [0.3, 0.4) is 0 Å². The van der Waals surface area contributed by atoms with Crippen LogP contribution in [0.1, 0.15) is 26.6 Å². The van der Waals surface area contributed by atoms with Crippen molar-refractivity contribution in [2.75, 3.05) is 6.54 Å². The predicted octanol–water partition coefficient (Wildman–Crippen LogP) is 1.88. The molecule has 0 unspecified atom stereocenters. The largest absolute Gasteiger partial charge is 0.347 e. The lowest BCUT2D eigenvalue weighted by Gasteiger charge is -2.03. The summed E-state index contributed by atoms with van der Waals surface area (Å²) in [5.74, 6) is -0.139. The number of carbonyl (C=O) groups is 1. The maximum Gasteiger partial charge on any atom is 0.271 e. The Balaban J connectivity index is 1.91. The molecule has 1 amide bonds. The summed E-state index contributed by atoms with van der Waals surface area (Å²) in [6.45, 7) is 3.11. The van der Waals surface area contributed by atoms with Crippen molar-refractivity contribution in [1.82, 2.24) is 10.3 Å². The molecule has 1 heterocycles. The van der Waals surface area contributed by atoms with E-state index in [-0.39, 0.29) is 5.91 Å². The Morgan fingerprint density at radius 1 is 1.37 bits per heavy atom. The molecule has 0 saturated heterocycles. The minimum absolute atomic E-state index is 0.139. The molecule has 1 aromatic carbocycles. The van der Waals surface area contributed by atoms with Crippen LogP contribution in [0, 0.1) is 6.92 Å². The van der Waals surface area contributed by atoms with Crippen LogP contribution in [0.15, 0.2) is 29.6 Å². The van der Waals surface area contributed by atoms with E-state index in [0.717, 1.165) is 17.0 Å². The maximum absolute atomic E-state index is 11.9. The van der Waals surface area contributed by atoms with Crippen LogP contribution in [0.25, 0.3) is 0 Å². The van der Waals surface area contributed by atoms with Gasteiger partial charge >= 0.3 is 0 Å². The van der Waals surface area contributed by atoms with Crippen molar-refractivity contribution in [1.29, 1.82) is 0 Å². The highest BCUT2D eigenvalue weighted by atomic mass is 32.1. The van der Waals surface area contributed by atoms with Crippen molar-refractivity contribution in [3.05, 3.63) is 51.5 Å². The first kappa shape index (κ1) is 13.7. The summed E-state index contributed by atoms with van der Waals surface area (Å²) in [6, 6.07) is 8.08. The predicted molar refractivity (Wildman–Crippen MR) is 77.2 cm³/mol. The number of hydrogen-bond donors (Lipinski definition) is 2. The van der Waals surface area contributed by atoms with Gasteiger partial charge in [-0.1, -0.05) is 29.8 Å². The number of benzene rings is 1. The van der Waals surface area contributed by atoms with Crippen molar-refractivity contribution in [2.24, 2.45) is 5.73 Å². The summed E-state index contributed by atoms with van der Waals surface area (Å²) in [4.78, 5) is 16.2. The molecular formula is C14H17N3OS. The molecule has 0 aliphatic rings. The summed E-state index contributed by atoms with van der Waals surface area (Å²) in [7, 11) is 0. The number of aromatic nitrogens is 1. The Kier molecular flexibility index (Phi) is 4.65. The number of amides is 1. The smallest absolute Gasteiger partial charge is 0.271 e. The lowest BCUT2D eigenvalue weighted by Crippen LogP contribution is -2.23. The van der Waals surface area contributed by atoms with Gasteiger partial charge in [-0.2, -0.15) is 0 Å². The zero-order valence-corrected chi connectivity index (χ0v) is 11.7. The molecule has 0 fully saturated rings. The first-order chi connectivity index (χ1) is 9.19. The summed E-state index contributed by atoms with van der Waals surface area (Å²) >= 11 is 1.47. The Hall–Kier alpha value is -1.72. The van der Waals surface area contributed by atoms with E-state index in [9.17, 15) is 4.79 Å². The Labute approximate surface area is 116 Å². The van der Waals surface area contributed by atoms with Crippen molar-refractivity contribution < 1.29 is 4.79 Å². The van der Waals surface area contributed by atoms with Gasteiger partial charge in [0.25, 0.3) is 5.91 Å². The van der Waals surface area contributed by atoms with E-state index in [4.69, 9.17) is 5.73 Å². The van der Waals surface area contributed by atoms with Gasteiger partial charge in [0.2, 0.25) is 0 Å². The van der Waals surface area contributed by atoms with Gasteiger partial charge in [0.1, 0.15) is 5.69 Å². The van der Waals surface area contributed by atoms with E-state index in [2.05, 4.69) is 10.3 Å². The van der Waals surface area contributed by atoms with Gasteiger partial charge in [0.05, 0.1) is 5.01 Å². The number of thiazole rings is 1. The Morgan fingerprint density at radius 3 is 2.79 bits per heavy atom. The topological polar surface area (TPSA) is 68.0 Å². The van der Waals surface area contributed by atoms with Crippen LogP contribution in [0.4, 0.5) is 0 Å². The fourth-order valence-electron chi connectivity index (χ4n) is 1.63. The van der Waals surface area contributed by atoms with Gasteiger partial charge in [-0.3, -0.25) is 4.79 Å². The van der Waals surface area contributed by atoms with Crippen LogP contribution in [-0.2, 0) is 13.0 Å². The van der Waals surface area contributed by atoms with E-state index in [1.807, 2.05) is 31.2 Å². The van der Waals surface area contributed by atoms with Crippen molar-refractivity contribution in [2.45, 2.75) is 19.9 Å². The van der Waals surface area contributed by atoms with Gasteiger partial charge in [0.15, 0.2) is 0 Å². The molecule has 100 valence electrons. The molecule has 0 bridgehead atoms. The first-order valence-electron chi connectivity index (χ1n) is 6.17. The van der Waals surface area contributed by atoms with Gasteiger partial charge in [-0.25, -0.2) is 4.98 Å². The second-order valence-corrected chi connectivity index (χ2v) is 5.28. The third-order valence-corrected chi connectivity index (χ3v) is 3.62. The Bertz CT molecular complexity index is 548. The summed E-state index contributed by atoms with van der Waals surface area (Å²) < 4.78 is 0. The standard InChI is InChI=1S/C14H17N3OS/c1-10-2-4-11(5-3-10)8-16-14(18)12-9-19-13(17-12)6-7-15/h2-5,9H,6-8,15H2,1H3,(H,16,18). The molecule has 19 heavy (non-hydrogen) atoms. The number of nitrogens with one attached hydrogen (secondary N) is 1. The number of rotatable bonds is 5. The average Bonchev–Trinajstić information content (AvgIpc) is 2.87. The summed E-state index contributed by atoms with van der Waals surface area (Å²) in [6.07, 6.45) is 0.718. The highest BCUT2D eigenvalue weighted by Crippen LogP contribution is 2.10. The van der Waals surface area contributed by atoms with Crippen LogP contribution >= 0.6 is 11.3 Å². The molecule has 0 radical (unpaired) electrons. The van der Waals surface area contributed by atoms with Gasteiger partial charge < -0.3 is 11.1 Å². The minimum atomic E-state index is -0.139. The monoisotopic (exact) mass is 275 g/mol. The number of nitrogens with zero attached hydrogens (tertiary/aromatic N) is 1. The molecule has 2 rings (SSSR count). The van der Waals surface area contributed by atoms with Crippen LogP contribution < -0.4 is 11.1 Å². The molecule has 2 aromatic rings. The van der Waals surface area contributed by atoms with E-state index in [0.29, 0.717) is 18.8 Å². The van der Waals surface area contributed by atoms with Crippen LogP contribution in [0.2, 0.25) is 0 Å². The molecule has 4 nitrogen and oxygen atoms in total. The fraction of sp³-hybridized carbons (Fsp3) is 0.286. The minimum Gasteiger partial charge on any atom is -0.347 e. The molecule has 0 spiro atoms. The van der Waals surface area contributed by atoms with E-state index < -0.39 is 0 Å². The third kappa shape index (κ3) is 3.87. The highest BCUT2D eigenvalue weighted by Gasteiger charge is 2.09.